The van der Waals surface area contributed by atoms with E-state index < -0.39 is 0 Å². The lowest BCUT2D eigenvalue weighted by molar-refractivity contribution is 0.0943. The van der Waals surface area contributed by atoms with Crippen molar-refractivity contribution in [3.8, 4) is 0 Å². The number of rotatable bonds is 4. The maximum atomic E-state index is 9.71. The molecular formula is C14H20N4O. The van der Waals surface area contributed by atoms with Gasteiger partial charge in [0.15, 0.2) is 5.82 Å². The third-order valence-corrected chi connectivity index (χ3v) is 4.20. The van der Waals surface area contributed by atoms with Crippen LogP contribution < -0.4 is 5.32 Å². The molecule has 2 aromatic heterocycles. The second-order valence-corrected chi connectivity index (χ2v) is 5.51. The number of aliphatic hydroxyl groups is 1. The third-order valence-electron chi connectivity index (χ3n) is 4.20. The van der Waals surface area contributed by atoms with Crippen molar-refractivity contribution >= 4 is 11.3 Å². The first-order valence-electron chi connectivity index (χ1n) is 6.96. The summed E-state index contributed by atoms with van der Waals surface area (Å²) in [7, 11) is 0. The van der Waals surface area contributed by atoms with E-state index in [1.165, 1.54) is 19.3 Å². The first kappa shape index (κ1) is 12.4. The molecule has 0 unspecified atom stereocenters. The molecule has 0 saturated heterocycles. The maximum Gasteiger partial charge on any atom is 0.152 e. The lowest BCUT2D eigenvalue weighted by atomic mass is 9.74. The van der Waals surface area contributed by atoms with Crippen LogP contribution in [0.1, 0.15) is 32.1 Å². The second kappa shape index (κ2) is 5.17. The maximum absolute atomic E-state index is 9.71. The molecule has 0 bridgehead atoms. The predicted molar refractivity (Wildman–Crippen MR) is 74.1 cm³/mol. The van der Waals surface area contributed by atoms with Gasteiger partial charge in [-0.15, -0.1) is 0 Å². The summed E-state index contributed by atoms with van der Waals surface area (Å²) in [5.41, 5.74) is 0.999. The second-order valence-electron chi connectivity index (χ2n) is 5.51. The number of aromatic nitrogens is 3. The van der Waals surface area contributed by atoms with Crippen LogP contribution in [0.15, 0.2) is 24.7 Å². The minimum Gasteiger partial charge on any atom is -0.396 e. The molecule has 0 amide bonds. The van der Waals surface area contributed by atoms with Gasteiger partial charge in [0, 0.05) is 24.4 Å². The molecule has 5 nitrogen and oxygen atoms in total. The van der Waals surface area contributed by atoms with Crippen LogP contribution in [0.2, 0.25) is 0 Å². The Kier molecular flexibility index (Phi) is 3.38. The molecule has 0 aromatic carbocycles. The molecule has 1 fully saturated rings. The Morgan fingerprint density at radius 1 is 1.26 bits per heavy atom. The summed E-state index contributed by atoms with van der Waals surface area (Å²) >= 11 is 0. The highest BCUT2D eigenvalue weighted by Gasteiger charge is 2.31. The van der Waals surface area contributed by atoms with Crippen molar-refractivity contribution in [2.75, 3.05) is 18.5 Å². The average molecular weight is 260 g/mol. The number of fused-ring (bicyclic) bond motifs is 1. The van der Waals surface area contributed by atoms with E-state index in [4.69, 9.17) is 0 Å². The molecule has 0 spiro atoms. The zero-order chi connectivity index (χ0) is 13.1. The van der Waals surface area contributed by atoms with Gasteiger partial charge in [-0.1, -0.05) is 19.3 Å². The van der Waals surface area contributed by atoms with Gasteiger partial charge in [0.1, 0.15) is 5.52 Å². The first-order valence-corrected chi connectivity index (χ1v) is 6.96. The normalized spacial score (nSPS) is 18.6. The highest BCUT2D eigenvalue weighted by molar-refractivity contribution is 5.66. The van der Waals surface area contributed by atoms with Gasteiger partial charge in [-0.25, -0.2) is 9.50 Å². The molecule has 102 valence electrons. The Labute approximate surface area is 112 Å². The van der Waals surface area contributed by atoms with Crippen LogP contribution in [-0.2, 0) is 0 Å². The lowest BCUT2D eigenvalue weighted by Crippen LogP contribution is -2.35. The van der Waals surface area contributed by atoms with Gasteiger partial charge >= 0.3 is 0 Å². The van der Waals surface area contributed by atoms with E-state index in [0.717, 1.165) is 30.7 Å². The number of anilines is 1. The molecule has 5 heteroatoms. The van der Waals surface area contributed by atoms with Crippen molar-refractivity contribution in [2.45, 2.75) is 32.1 Å². The molecule has 2 aromatic rings. The molecule has 1 aliphatic carbocycles. The van der Waals surface area contributed by atoms with Crippen molar-refractivity contribution in [1.29, 1.82) is 0 Å². The minimum absolute atomic E-state index is 0.0206. The van der Waals surface area contributed by atoms with Gasteiger partial charge in [0.2, 0.25) is 0 Å². The van der Waals surface area contributed by atoms with Crippen molar-refractivity contribution in [1.82, 2.24) is 14.6 Å². The van der Waals surface area contributed by atoms with E-state index in [-0.39, 0.29) is 12.0 Å². The van der Waals surface area contributed by atoms with Crippen LogP contribution in [0.4, 0.5) is 5.82 Å². The Hall–Kier alpha value is -1.62. The fraction of sp³-hybridized carbons (Fsp3) is 0.571. The van der Waals surface area contributed by atoms with Gasteiger partial charge in [-0.3, -0.25) is 0 Å². The van der Waals surface area contributed by atoms with Crippen LogP contribution in [0.25, 0.3) is 5.52 Å². The summed E-state index contributed by atoms with van der Waals surface area (Å²) in [6.45, 7) is 1.03. The molecule has 0 atom stereocenters. The van der Waals surface area contributed by atoms with Crippen molar-refractivity contribution < 1.29 is 5.11 Å². The van der Waals surface area contributed by atoms with Crippen LogP contribution in [0.3, 0.4) is 0 Å². The number of nitrogens with zero attached hydrogens (tertiary/aromatic N) is 3. The Balaban J connectivity index is 1.76. The highest BCUT2D eigenvalue weighted by Crippen LogP contribution is 2.36. The van der Waals surface area contributed by atoms with E-state index in [0.29, 0.717) is 0 Å². The molecule has 19 heavy (non-hydrogen) atoms. The van der Waals surface area contributed by atoms with Crippen molar-refractivity contribution in [3.05, 3.63) is 24.7 Å². The molecule has 2 N–H and O–H groups in total. The quantitative estimate of drug-likeness (QED) is 0.883. The van der Waals surface area contributed by atoms with Crippen LogP contribution in [-0.4, -0.2) is 32.9 Å². The number of hydrogen-bond donors (Lipinski definition) is 2. The van der Waals surface area contributed by atoms with E-state index in [1.54, 1.807) is 12.4 Å². The standard InChI is InChI=1S/C14H20N4O/c19-11-14(5-2-1-3-6-14)10-16-13-12-4-7-17-18(12)9-8-15-13/h4,7-9,19H,1-3,5-6,10-11H2,(H,15,16). The van der Waals surface area contributed by atoms with Gasteiger partial charge in [0.05, 0.1) is 12.8 Å². The minimum atomic E-state index is 0.0206. The zero-order valence-electron chi connectivity index (χ0n) is 11.0. The SMILES string of the molecule is OCC1(CNc2nccn3nccc23)CCCCC1. The van der Waals surface area contributed by atoms with Crippen molar-refractivity contribution in [2.24, 2.45) is 5.41 Å². The number of nitrogens with one attached hydrogen (secondary N) is 1. The summed E-state index contributed by atoms with van der Waals surface area (Å²) in [6, 6.07) is 1.95. The summed E-state index contributed by atoms with van der Waals surface area (Å²) in [5, 5.41) is 17.3. The third kappa shape index (κ3) is 2.42. The molecule has 1 saturated carbocycles. The monoisotopic (exact) mass is 260 g/mol. The average Bonchev–Trinajstić information content (AvgIpc) is 2.95. The Bertz CT molecular complexity index is 545. The largest absolute Gasteiger partial charge is 0.396 e. The topological polar surface area (TPSA) is 62.5 Å². The van der Waals surface area contributed by atoms with E-state index in [9.17, 15) is 5.11 Å². The molecule has 3 rings (SSSR count). The Morgan fingerprint density at radius 3 is 2.89 bits per heavy atom. The smallest absolute Gasteiger partial charge is 0.152 e. The first-order chi connectivity index (χ1) is 9.33. The van der Waals surface area contributed by atoms with Crippen LogP contribution in [0.5, 0.6) is 0 Å². The molecule has 2 heterocycles. The molecule has 1 aliphatic rings. The van der Waals surface area contributed by atoms with Crippen LogP contribution in [0, 0.1) is 5.41 Å². The summed E-state index contributed by atoms with van der Waals surface area (Å²) in [6.07, 6.45) is 11.3. The van der Waals surface area contributed by atoms with E-state index in [1.807, 2.05) is 16.8 Å². The highest BCUT2D eigenvalue weighted by atomic mass is 16.3. The van der Waals surface area contributed by atoms with E-state index in [2.05, 4.69) is 15.4 Å². The zero-order valence-corrected chi connectivity index (χ0v) is 11.0. The Morgan fingerprint density at radius 2 is 2.11 bits per heavy atom. The molecule has 0 aliphatic heterocycles. The number of hydrogen-bond acceptors (Lipinski definition) is 4. The van der Waals surface area contributed by atoms with Gasteiger partial charge in [-0.05, 0) is 18.9 Å². The van der Waals surface area contributed by atoms with Crippen LogP contribution >= 0.6 is 0 Å². The lowest BCUT2D eigenvalue weighted by Gasteiger charge is -2.35. The number of aliphatic hydroxyl groups excluding tert-OH is 1. The van der Waals surface area contributed by atoms with Crippen molar-refractivity contribution in [3.63, 3.8) is 0 Å². The fourth-order valence-corrected chi connectivity index (χ4v) is 2.96. The molecular weight excluding hydrogens is 240 g/mol. The summed E-state index contributed by atoms with van der Waals surface area (Å²) in [4.78, 5) is 4.38. The fourth-order valence-electron chi connectivity index (χ4n) is 2.96. The summed E-state index contributed by atoms with van der Waals surface area (Å²) < 4.78 is 1.81. The molecule has 0 radical (unpaired) electrons. The summed E-state index contributed by atoms with van der Waals surface area (Å²) in [5.74, 6) is 0.846. The van der Waals surface area contributed by atoms with Gasteiger partial charge in [-0.2, -0.15) is 5.10 Å². The predicted octanol–water partition coefficient (Wildman–Crippen LogP) is 2.08. The van der Waals surface area contributed by atoms with Gasteiger partial charge in [0.25, 0.3) is 0 Å². The van der Waals surface area contributed by atoms with Gasteiger partial charge < -0.3 is 10.4 Å². The van der Waals surface area contributed by atoms with E-state index >= 15 is 0 Å².